The predicted molar refractivity (Wildman–Crippen MR) is 101 cm³/mol. The fraction of sp³-hybridized carbons (Fsp3) is 0.579. The summed E-state index contributed by atoms with van der Waals surface area (Å²) < 4.78 is 0. The Bertz CT molecular complexity index is 790. The zero-order chi connectivity index (χ0) is 17.6. The van der Waals surface area contributed by atoms with Gasteiger partial charge in [0.25, 0.3) is 0 Å². The number of allylic oxidation sites excluding steroid dienone is 1. The van der Waals surface area contributed by atoms with Gasteiger partial charge in [-0.1, -0.05) is 0 Å². The molecule has 1 aromatic rings. The van der Waals surface area contributed by atoms with E-state index in [9.17, 15) is 0 Å². The van der Waals surface area contributed by atoms with Crippen LogP contribution in [0.4, 0.5) is 11.8 Å². The van der Waals surface area contributed by atoms with Crippen LogP contribution in [-0.2, 0) is 0 Å². The van der Waals surface area contributed by atoms with Crippen molar-refractivity contribution in [3.05, 3.63) is 35.5 Å². The molecule has 1 aliphatic carbocycles. The first-order valence-electron chi connectivity index (χ1n) is 9.44. The van der Waals surface area contributed by atoms with Gasteiger partial charge < -0.3 is 15.1 Å². The first kappa shape index (κ1) is 15.8. The van der Waals surface area contributed by atoms with Gasteiger partial charge in [0.15, 0.2) is 0 Å². The molecule has 7 nitrogen and oxygen atoms in total. The molecule has 0 radical (unpaired) electrons. The Labute approximate surface area is 153 Å². The molecule has 1 aromatic heterocycles. The molecular formula is C19H23N7. The Kier molecular flexibility index (Phi) is 3.68. The quantitative estimate of drug-likeness (QED) is 0.824. The molecular weight excluding hydrogens is 326 g/mol. The summed E-state index contributed by atoms with van der Waals surface area (Å²) in [5, 5.41) is 3.23. The number of hydrogen-bond donors (Lipinski definition) is 1. The second-order valence-electron chi connectivity index (χ2n) is 7.82. The number of nitrogens with one attached hydrogen (secondary N) is 1. The largest absolute Gasteiger partial charge is 0.353 e. The van der Waals surface area contributed by atoms with E-state index in [1.165, 1.54) is 12.8 Å². The van der Waals surface area contributed by atoms with Crippen molar-refractivity contribution in [2.75, 3.05) is 36.4 Å². The second-order valence-corrected chi connectivity index (χ2v) is 7.82. The van der Waals surface area contributed by atoms with Crippen LogP contribution in [0.2, 0.25) is 0 Å². The predicted octanol–water partition coefficient (Wildman–Crippen LogP) is 1.96. The monoisotopic (exact) mass is 349 g/mol. The first-order chi connectivity index (χ1) is 12.7. The maximum Gasteiger partial charge on any atom is 0.245 e. The highest BCUT2D eigenvalue weighted by atomic mass is 15.4. The summed E-state index contributed by atoms with van der Waals surface area (Å²) in [6.45, 7) is 11.1. The van der Waals surface area contributed by atoms with Crippen molar-refractivity contribution in [3.63, 3.8) is 0 Å². The third kappa shape index (κ3) is 2.84. The van der Waals surface area contributed by atoms with Crippen molar-refractivity contribution >= 4 is 18.0 Å². The van der Waals surface area contributed by atoms with Gasteiger partial charge >= 0.3 is 0 Å². The fourth-order valence-electron chi connectivity index (χ4n) is 4.38. The molecule has 1 saturated carbocycles. The topological polar surface area (TPSA) is 61.0 Å². The summed E-state index contributed by atoms with van der Waals surface area (Å²) in [5.41, 5.74) is 0.895. The molecule has 3 aliphatic heterocycles. The van der Waals surface area contributed by atoms with Crippen LogP contribution in [0.3, 0.4) is 0 Å². The van der Waals surface area contributed by atoms with Crippen LogP contribution < -0.4 is 10.2 Å². The van der Waals surface area contributed by atoms with Crippen LogP contribution in [-0.4, -0.2) is 64.9 Å². The molecule has 0 unspecified atom stereocenters. The van der Waals surface area contributed by atoms with E-state index in [4.69, 9.17) is 11.6 Å². The molecule has 3 fully saturated rings. The number of rotatable bonds is 5. The molecule has 134 valence electrons. The van der Waals surface area contributed by atoms with E-state index in [-0.39, 0.29) is 5.54 Å². The lowest BCUT2D eigenvalue weighted by Gasteiger charge is -2.41. The lowest BCUT2D eigenvalue weighted by Crippen LogP contribution is -2.55. The Hall–Kier alpha value is -2.46. The maximum absolute atomic E-state index is 7.48. The lowest BCUT2D eigenvalue weighted by molar-refractivity contribution is 0.160. The van der Waals surface area contributed by atoms with Crippen molar-refractivity contribution in [1.29, 1.82) is 0 Å². The van der Waals surface area contributed by atoms with E-state index >= 15 is 0 Å². The average Bonchev–Trinajstić information content (AvgIpc) is 3.19. The third-order valence-corrected chi connectivity index (χ3v) is 6.04. The molecule has 2 saturated heterocycles. The Morgan fingerprint density at radius 2 is 2.08 bits per heavy atom. The molecule has 4 aliphatic rings. The number of hydrogen-bond acceptors (Lipinski definition) is 6. The Morgan fingerprint density at radius 3 is 2.73 bits per heavy atom. The van der Waals surface area contributed by atoms with Gasteiger partial charge in [-0.3, -0.25) is 9.89 Å². The van der Waals surface area contributed by atoms with Crippen molar-refractivity contribution in [2.24, 2.45) is 4.99 Å². The number of fused-ring (bicyclic) bond motifs is 2. The standard InChI is InChI=1S/C19H23N7/c1-20-19(6-7-19)13-26-15-2-3-16(26)12-25(11-15)17-5-9-22-18(24-17)23-14-4-8-21-10-14/h4-5,9-10,15-16H,2-3,6-8,11-13H2,(H,22,23,24)/t15-,16+. The summed E-state index contributed by atoms with van der Waals surface area (Å²) in [6.07, 6.45) is 10.3. The van der Waals surface area contributed by atoms with E-state index in [1.807, 2.05) is 24.6 Å². The van der Waals surface area contributed by atoms with Gasteiger partial charge in [0.1, 0.15) is 5.82 Å². The minimum Gasteiger partial charge on any atom is -0.353 e. The average molecular weight is 349 g/mol. The summed E-state index contributed by atoms with van der Waals surface area (Å²) in [5.74, 6) is 1.61. The third-order valence-electron chi connectivity index (χ3n) is 6.04. The van der Waals surface area contributed by atoms with Gasteiger partial charge in [-0.15, -0.1) is 0 Å². The molecule has 0 aromatic carbocycles. The van der Waals surface area contributed by atoms with E-state index in [1.54, 1.807) is 0 Å². The van der Waals surface area contributed by atoms with Crippen molar-refractivity contribution in [1.82, 2.24) is 14.9 Å². The van der Waals surface area contributed by atoms with Crippen LogP contribution >= 0.6 is 0 Å². The number of nitrogens with zero attached hydrogens (tertiary/aromatic N) is 6. The summed E-state index contributed by atoms with van der Waals surface area (Å²) in [4.78, 5) is 22.1. The van der Waals surface area contributed by atoms with Crippen LogP contribution in [0.25, 0.3) is 4.85 Å². The summed E-state index contributed by atoms with van der Waals surface area (Å²) >= 11 is 0. The normalized spacial score (nSPS) is 28.7. The van der Waals surface area contributed by atoms with Gasteiger partial charge in [-0.25, -0.2) is 11.6 Å². The maximum atomic E-state index is 7.48. The van der Waals surface area contributed by atoms with Crippen LogP contribution in [0.15, 0.2) is 29.0 Å². The first-order valence-corrected chi connectivity index (χ1v) is 9.44. The molecule has 5 rings (SSSR count). The number of aromatic nitrogens is 2. The Morgan fingerprint density at radius 1 is 1.27 bits per heavy atom. The van der Waals surface area contributed by atoms with Crippen molar-refractivity contribution < 1.29 is 0 Å². The highest BCUT2D eigenvalue weighted by Crippen LogP contribution is 2.43. The van der Waals surface area contributed by atoms with Gasteiger partial charge in [-0.2, -0.15) is 4.98 Å². The van der Waals surface area contributed by atoms with E-state index < -0.39 is 0 Å². The number of aliphatic imine (C=N–C) groups is 1. The van der Waals surface area contributed by atoms with Crippen LogP contribution in [0.5, 0.6) is 0 Å². The number of anilines is 2. The Balaban J connectivity index is 1.29. The molecule has 4 heterocycles. The highest BCUT2D eigenvalue weighted by molar-refractivity contribution is 5.84. The smallest absolute Gasteiger partial charge is 0.245 e. The van der Waals surface area contributed by atoms with Crippen molar-refractivity contribution in [2.45, 2.75) is 43.3 Å². The number of piperazine rings is 1. The SMILES string of the molecule is [C-]#[N+]C1(CN2[C@@H]3CC[C@H]2CN(c2ccnc(NC4=CCN=C4)n2)C3)CC1. The molecule has 0 amide bonds. The molecule has 26 heavy (non-hydrogen) atoms. The molecule has 1 N–H and O–H groups in total. The second kappa shape index (κ2) is 6.06. The molecule has 2 bridgehead atoms. The highest BCUT2D eigenvalue weighted by Gasteiger charge is 2.55. The van der Waals surface area contributed by atoms with Gasteiger partial charge in [0, 0.05) is 50.4 Å². The van der Waals surface area contributed by atoms with Crippen molar-refractivity contribution in [3.8, 4) is 0 Å². The summed E-state index contributed by atoms with van der Waals surface area (Å²) in [7, 11) is 0. The minimum atomic E-state index is -0.0639. The van der Waals surface area contributed by atoms with Crippen LogP contribution in [0, 0.1) is 6.57 Å². The van der Waals surface area contributed by atoms with E-state index in [2.05, 4.69) is 29.9 Å². The molecule has 7 heteroatoms. The fourth-order valence-corrected chi connectivity index (χ4v) is 4.38. The van der Waals surface area contributed by atoms with Crippen LogP contribution in [0.1, 0.15) is 25.7 Å². The summed E-state index contributed by atoms with van der Waals surface area (Å²) in [6, 6.07) is 3.09. The minimum absolute atomic E-state index is 0.0639. The lowest BCUT2D eigenvalue weighted by atomic mass is 10.1. The zero-order valence-electron chi connectivity index (χ0n) is 14.8. The van der Waals surface area contributed by atoms with Gasteiger partial charge in [0.05, 0.1) is 18.8 Å². The zero-order valence-corrected chi connectivity index (χ0v) is 14.8. The van der Waals surface area contributed by atoms with Gasteiger partial charge in [-0.05, 0) is 25.0 Å². The van der Waals surface area contributed by atoms with E-state index in [0.717, 1.165) is 50.5 Å². The van der Waals surface area contributed by atoms with E-state index in [0.29, 0.717) is 18.0 Å². The molecule has 0 spiro atoms. The van der Waals surface area contributed by atoms with Gasteiger partial charge in [0.2, 0.25) is 11.5 Å². The molecule has 2 atom stereocenters.